The van der Waals surface area contributed by atoms with E-state index in [9.17, 15) is 0 Å². The quantitative estimate of drug-likeness (QED) is 0.314. The number of carboxylic acid groups (broad SMARTS) is 2. The van der Waals surface area contributed by atoms with E-state index in [2.05, 4.69) is 12.3 Å². The van der Waals surface area contributed by atoms with E-state index < -0.39 is 11.9 Å². The second-order valence-electron chi connectivity index (χ2n) is 3.96. The molecule has 0 amide bonds. The van der Waals surface area contributed by atoms with Gasteiger partial charge in [-0.25, -0.2) is 9.59 Å². The molecule has 1 aliphatic rings. The summed E-state index contributed by atoms with van der Waals surface area (Å²) in [5.41, 5.74) is 2.83. The van der Waals surface area contributed by atoms with Crippen LogP contribution in [-0.4, -0.2) is 28.2 Å². The molecule has 0 aromatic rings. The van der Waals surface area contributed by atoms with E-state index in [-0.39, 0.29) is 0 Å². The molecule has 1 unspecified atom stereocenters. The summed E-state index contributed by atoms with van der Waals surface area (Å²) in [6.07, 6.45) is 6.96. The smallest absolute Gasteiger partial charge is 0.414 e. The highest BCUT2D eigenvalue weighted by Crippen LogP contribution is 2.25. The number of hydrogen-bond acceptors (Lipinski definition) is 4. The summed E-state index contributed by atoms with van der Waals surface area (Å²) < 4.78 is 0. The molecule has 1 rings (SSSR count). The van der Waals surface area contributed by atoms with E-state index >= 15 is 0 Å². The summed E-state index contributed by atoms with van der Waals surface area (Å²) in [7, 11) is 0. The van der Waals surface area contributed by atoms with Crippen LogP contribution in [0.1, 0.15) is 39.0 Å². The van der Waals surface area contributed by atoms with Crippen LogP contribution in [0.4, 0.5) is 0 Å². The first-order valence-electron chi connectivity index (χ1n) is 5.41. The molecule has 6 heteroatoms. The van der Waals surface area contributed by atoms with Crippen LogP contribution in [0, 0.1) is 5.92 Å². The first kappa shape index (κ1) is 14.9. The Morgan fingerprint density at radius 2 is 1.62 bits per heavy atom. The Kier molecular flexibility index (Phi) is 7.49. The lowest BCUT2D eigenvalue weighted by Crippen LogP contribution is -2.39. The molecule has 5 N–H and O–H groups in total. The molecule has 6 nitrogen and oxygen atoms in total. The molecule has 1 atom stereocenters. The summed E-state index contributed by atoms with van der Waals surface area (Å²) in [5.74, 6) is 2.54. The van der Waals surface area contributed by atoms with Crippen molar-refractivity contribution < 1.29 is 19.8 Å². The molecular formula is C10H20N2O4. The summed E-state index contributed by atoms with van der Waals surface area (Å²) in [6.45, 7) is 2.18. The van der Waals surface area contributed by atoms with Gasteiger partial charge in [0.2, 0.25) is 0 Å². The minimum Gasteiger partial charge on any atom is -0.473 e. The zero-order chi connectivity index (χ0) is 12.6. The normalized spacial score (nSPS) is 18.1. The third kappa shape index (κ3) is 6.36. The minimum atomic E-state index is -1.82. The highest BCUT2D eigenvalue weighted by molar-refractivity contribution is 6.27. The number of carbonyl (C=O) groups is 2. The lowest BCUT2D eigenvalue weighted by molar-refractivity contribution is -0.159. The van der Waals surface area contributed by atoms with Gasteiger partial charge in [0, 0.05) is 6.04 Å². The lowest BCUT2D eigenvalue weighted by Gasteiger charge is -2.26. The zero-order valence-electron chi connectivity index (χ0n) is 9.48. The summed E-state index contributed by atoms with van der Waals surface area (Å²) in [5, 5.41) is 14.8. The summed E-state index contributed by atoms with van der Waals surface area (Å²) in [6, 6.07) is 0.514. The predicted octanol–water partition coefficient (Wildman–Crippen LogP) is 0.574. The number of hydrazine groups is 1. The number of nitrogens with two attached hydrogens (primary N) is 1. The van der Waals surface area contributed by atoms with Crippen LogP contribution >= 0.6 is 0 Å². The Morgan fingerprint density at radius 3 is 1.94 bits per heavy atom. The Bertz CT molecular complexity index is 215. The fourth-order valence-corrected chi connectivity index (χ4v) is 1.77. The van der Waals surface area contributed by atoms with Crippen molar-refractivity contribution in [3.63, 3.8) is 0 Å². The Morgan fingerprint density at radius 1 is 1.19 bits per heavy atom. The lowest BCUT2D eigenvalue weighted by atomic mass is 9.85. The Hall–Kier alpha value is -1.14. The van der Waals surface area contributed by atoms with Crippen LogP contribution in [0.5, 0.6) is 0 Å². The molecule has 1 aliphatic carbocycles. The maximum Gasteiger partial charge on any atom is 0.414 e. The highest BCUT2D eigenvalue weighted by atomic mass is 16.4. The van der Waals surface area contributed by atoms with Crippen molar-refractivity contribution in [2.24, 2.45) is 11.8 Å². The molecule has 94 valence electrons. The molecule has 0 bridgehead atoms. The average Bonchev–Trinajstić information content (AvgIpc) is 2.30. The van der Waals surface area contributed by atoms with E-state index in [4.69, 9.17) is 25.6 Å². The molecule has 0 saturated heterocycles. The van der Waals surface area contributed by atoms with E-state index in [0.29, 0.717) is 6.04 Å². The van der Waals surface area contributed by atoms with Gasteiger partial charge < -0.3 is 10.2 Å². The largest absolute Gasteiger partial charge is 0.473 e. The second kappa shape index (κ2) is 8.06. The molecule has 1 fully saturated rings. The maximum absolute atomic E-state index is 9.10. The van der Waals surface area contributed by atoms with Gasteiger partial charge in [-0.15, -0.1) is 0 Å². The Labute approximate surface area is 94.8 Å². The van der Waals surface area contributed by atoms with E-state index in [1.54, 1.807) is 0 Å². The van der Waals surface area contributed by atoms with Gasteiger partial charge >= 0.3 is 11.9 Å². The van der Waals surface area contributed by atoms with Crippen molar-refractivity contribution in [2.75, 3.05) is 0 Å². The standard InChI is InChI=1S/C8H18N2.C2H2O4/c1-7(10-9)8-5-3-2-4-6-8;3-1(4)2(5)6/h7-8,10H,2-6,9H2,1H3;(H,3,4)(H,5,6). The fraction of sp³-hybridized carbons (Fsp3) is 0.800. The number of aliphatic carboxylic acids is 2. The first-order chi connectivity index (χ1) is 7.49. The number of rotatable bonds is 2. The van der Waals surface area contributed by atoms with Crippen LogP contribution in [0.3, 0.4) is 0 Å². The molecule has 0 aliphatic heterocycles. The van der Waals surface area contributed by atoms with Gasteiger partial charge in [-0.1, -0.05) is 19.3 Å². The van der Waals surface area contributed by atoms with Crippen molar-refractivity contribution in [1.29, 1.82) is 0 Å². The molecule has 0 radical (unpaired) electrons. The van der Waals surface area contributed by atoms with Crippen molar-refractivity contribution in [3.05, 3.63) is 0 Å². The monoisotopic (exact) mass is 232 g/mol. The SMILES string of the molecule is CC(NN)C1CCCCC1.O=C(O)C(=O)O. The van der Waals surface area contributed by atoms with Crippen molar-refractivity contribution in [3.8, 4) is 0 Å². The van der Waals surface area contributed by atoms with E-state index in [1.807, 2.05) is 0 Å². The number of carboxylic acids is 2. The van der Waals surface area contributed by atoms with Gasteiger partial charge in [0.1, 0.15) is 0 Å². The second-order valence-corrected chi connectivity index (χ2v) is 3.96. The van der Waals surface area contributed by atoms with E-state index in [1.165, 1.54) is 32.1 Å². The minimum absolute atomic E-state index is 0.514. The molecule has 0 heterocycles. The van der Waals surface area contributed by atoms with Crippen LogP contribution in [-0.2, 0) is 9.59 Å². The van der Waals surface area contributed by atoms with Gasteiger partial charge in [0.05, 0.1) is 0 Å². The molecular weight excluding hydrogens is 212 g/mol. The van der Waals surface area contributed by atoms with Crippen LogP contribution in [0.15, 0.2) is 0 Å². The van der Waals surface area contributed by atoms with Crippen molar-refractivity contribution >= 4 is 11.9 Å². The van der Waals surface area contributed by atoms with E-state index in [0.717, 1.165) is 5.92 Å². The van der Waals surface area contributed by atoms with Gasteiger partial charge in [-0.3, -0.25) is 11.3 Å². The predicted molar refractivity (Wildman–Crippen MR) is 58.6 cm³/mol. The molecule has 0 aromatic heterocycles. The third-order valence-corrected chi connectivity index (χ3v) is 2.80. The molecule has 16 heavy (non-hydrogen) atoms. The fourth-order valence-electron chi connectivity index (χ4n) is 1.77. The molecule has 0 aromatic carbocycles. The van der Waals surface area contributed by atoms with Gasteiger partial charge in [0.15, 0.2) is 0 Å². The van der Waals surface area contributed by atoms with Crippen LogP contribution in [0.2, 0.25) is 0 Å². The van der Waals surface area contributed by atoms with Gasteiger partial charge in [-0.2, -0.15) is 0 Å². The van der Waals surface area contributed by atoms with Gasteiger partial charge in [0.25, 0.3) is 0 Å². The van der Waals surface area contributed by atoms with Crippen molar-refractivity contribution in [2.45, 2.75) is 45.1 Å². The molecule has 0 spiro atoms. The zero-order valence-corrected chi connectivity index (χ0v) is 9.48. The summed E-state index contributed by atoms with van der Waals surface area (Å²) >= 11 is 0. The average molecular weight is 232 g/mol. The highest BCUT2D eigenvalue weighted by Gasteiger charge is 2.18. The summed E-state index contributed by atoms with van der Waals surface area (Å²) in [4.78, 5) is 18.2. The topological polar surface area (TPSA) is 113 Å². The molecule has 1 saturated carbocycles. The number of hydrogen-bond donors (Lipinski definition) is 4. The van der Waals surface area contributed by atoms with Crippen LogP contribution in [0.25, 0.3) is 0 Å². The van der Waals surface area contributed by atoms with Gasteiger partial charge in [-0.05, 0) is 25.7 Å². The maximum atomic E-state index is 9.10. The van der Waals surface area contributed by atoms with Crippen LogP contribution < -0.4 is 11.3 Å². The first-order valence-corrected chi connectivity index (χ1v) is 5.41. The number of nitrogens with one attached hydrogen (secondary N) is 1. The Balaban J connectivity index is 0.000000325. The third-order valence-electron chi connectivity index (χ3n) is 2.80. The van der Waals surface area contributed by atoms with Crippen molar-refractivity contribution in [1.82, 2.24) is 5.43 Å².